The van der Waals surface area contributed by atoms with E-state index in [0.717, 1.165) is 11.1 Å². The van der Waals surface area contributed by atoms with Crippen LogP contribution in [0.1, 0.15) is 5.56 Å². The Balaban J connectivity index is 1.72. The van der Waals surface area contributed by atoms with Gasteiger partial charge in [-0.05, 0) is 29.8 Å². The van der Waals surface area contributed by atoms with Crippen molar-refractivity contribution in [1.29, 1.82) is 0 Å². The van der Waals surface area contributed by atoms with E-state index in [2.05, 4.69) is 15.4 Å². The molecule has 3 rings (SSSR count). The van der Waals surface area contributed by atoms with Crippen molar-refractivity contribution in [2.45, 2.75) is 13.5 Å². The summed E-state index contributed by atoms with van der Waals surface area (Å²) in [7, 11) is 1.59. The summed E-state index contributed by atoms with van der Waals surface area (Å²) in [4.78, 5) is 25.2. The highest BCUT2D eigenvalue weighted by Gasteiger charge is 2.16. The molecule has 2 aromatic carbocycles. The van der Waals surface area contributed by atoms with Gasteiger partial charge in [0.1, 0.15) is 6.54 Å². The molecule has 0 spiro atoms. The minimum Gasteiger partial charge on any atom is -0.314 e. The molecule has 0 saturated carbocycles. The minimum absolute atomic E-state index is 0.0320. The average Bonchev–Trinajstić information content (AvgIpc) is 3.09. The minimum atomic E-state index is -0.488. The van der Waals surface area contributed by atoms with E-state index in [9.17, 15) is 14.9 Å². The van der Waals surface area contributed by atoms with Crippen molar-refractivity contribution in [2.24, 2.45) is 0 Å². The number of non-ortho nitro benzene ring substituents is 1. The van der Waals surface area contributed by atoms with Crippen LogP contribution in [0.4, 0.5) is 11.4 Å². The van der Waals surface area contributed by atoms with E-state index in [0.29, 0.717) is 11.5 Å². The van der Waals surface area contributed by atoms with Gasteiger partial charge in [0.2, 0.25) is 11.7 Å². The summed E-state index contributed by atoms with van der Waals surface area (Å²) in [5.41, 5.74) is 2.38. The molecule has 3 aromatic rings. The lowest BCUT2D eigenvalue weighted by Crippen LogP contribution is -2.30. The summed E-state index contributed by atoms with van der Waals surface area (Å²) in [6.45, 7) is 1.86. The first-order valence-corrected chi connectivity index (χ1v) is 7.80. The van der Waals surface area contributed by atoms with Gasteiger partial charge in [0, 0.05) is 30.4 Å². The highest BCUT2D eigenvalue weighted by Crippen LogP contribution is 2.19. The number of amides is 1. The van der Waals surface area contributed by atoms with Crippen LogP contribution in [0.25, 0.3) is 11.4 Å². The van der Waals surface area contributed by atoms with Crippen molar-refractivity contribution in [1.82, 2.24) is 20.2 Å². The van der Waals surface area contributed by atoms with E-state index >= 15 is 0 Å². The molecule has 0 fully saturated rings. The molecule has 1 amide bonds. The zero-order chi connectivity index (χ0) is 18.7. The number of nitro groups is 1. The number of hydrogen-bond acceptors (Lipinski definition) is 6. The van der Waals surface area contributed by atoms with Gasteiger partial charge in [-0.15, -0.1) is 10.2 Å². The molecule has 132 valence electrons. The third-order valence-corrected chi connectivity index (χ3v) is 3.94. The van der Waals surface area contributed by atoms with Crippen molar-refractivity contribution >= 4 is 17.3 Å². The number of carbonyl (C=O) groups excluding carboxylic acids is 1. The maximum atomic E-state index is 12.4. The summed E-state index contributed by atoms with van der Waals surface area (Å²) >= 11 is 0. The second kappa shape index (κ2) is 7.09. The predicted molar refractivity (Wildman–Crippen MR) is 94.5 cm³/mol. The number of aryl methyl sites for hydroxylation is 1. The van der Waals surface area contributed by atoms with Crippen LogP contribution < -0.4 is 4.90 Å². The van der Waals surface area contributed by atoms with E-state index in [1.165, 1.54) is 34.0 Å². The lowest BCUT2D eigenvalue weighted by Gasteiger charge is -2.16. The van der Waals surface area contributed by atoms with Crippen LogP contribution in [0.2, 0.25) is 0 Å². The molecule has 1 aromatic heterocycles. The Bertz CT molecular complexity index is 951. The van der Waals surface area contributed by atoms with Crippen LogP contribution >= 0.6 is 0 Å². The summed E-state index contributed by atoms with van der Waals surface area (Å²) in [5.74, 6) is 0.182. The molecule has 0 aliphatic carbocycles. The molecule has 0 bridgehead atoms. The molecule has 0 atom stereocenters. The van der Waals surface area contributed by atoms with Gasteiger partial charge in [-0.2, -0.15) is 4.80 Å². The predicted octanol–water partition coefficient (Wildman–Crippen LogP) is 2.22. The fourth-order valence-electron chi connectivity index (χ4n) is 2.41. The summed E-state index contributed by atoms with van der Waals surface area (Å²) in [5, 5.41) is 22.9. The second-order valence-electron chi connectivity index (χ2n) is 5.68. The van der Waals surface area contributed by atoms with Crippen molar-refractivity contribution < 1.29 is 9.72 Å². The van der Waals surface area contributed by atoms with E-state index < -0.39 is 4.92 Å². The molecule has 9 heteroatoms. The van der Waals surface area contributed by atoms with Gasteiger partial charge in [0.05, 0.1) is 4.92 Å². The van der Waals surface area contributed by atoms with E-state index in [1.54, 1.807) is 7.05 Å². The van der Waals surface area contributed by atoms with Crippen LogP contribution in [0.5, 0.6) is 0 Å². The van der Waals surface area contributed by atoms with Gasteiger partial charge in [-0.1, -0.05) is 24.3 Å². The second-order valence-corrected chi connectivity index (χ2v) is 5.68. The standard InChI is InChI=1S/C17H16N6O3/c1-12-5-3-4-6-15(12)17-18-20-22(19-17)11-16(24)21(2)13-7-9-14(10-8-13)23(25)26/h3-10H,11H2,1-2H3. The number of carbonyl (C=O) groups is 1. The van der Waals surface area contributed by atoms with Crippen LogP contribution in [0, 0.1) is 17.0 Å². The number of anilines is 1. The number of tetrazole rings is 1. The van der Waals surface area contributed by atoms with Gasteiger partial charge >= 0.3 is 0 Å². The molecule has 26 heavy (non-hydrogen) atoms. The topological polar surface area (TPSA) is 107 Å². The molecule has 9 nitrogen and oxygen atoms in total. The third-order valence-electron chi connectivity index (χ3n) is 3.94. The number of likely N-dealkylation sites (N-methyl/N-ethyl adjacent to an activating group) is 1. The Kier molecular flexibility index (Phi) is 4.70. The van der Waals surface area contributed by atoms with Crippen molar-refractivity contribution in [2.75, 3.05) is 11.9 Å². The van der Waals surface area contributed by atoms with Crippen molar-refractivity contribution in [3.63, 3.8) is 0 Å². The Morgan fingerprint density at radius 3 is 2.54 bits per heavy atom. The first-order chi connectivity index (χ1) is 12.5. The number of rotatable bonds is 5. The largest absolute Gasteiger partial charge is 0.314 e. The average molecular weight is 352 g/mol. The Morgan fingerprint density at radius 2 is 1.88 bits per heavy atom. The SMILES string of the molecule is Cc1ccccc1-c1nnn(CC(=O)N(C)c2ccc([N+](=O)[O-])cc2)n1. The first kappa shape index (κ1) is 17.2. The van der Waals surface area contributed by atoms with Gasteiger partial charge in [0.15, 0.2) is 0 Å². The number of nitro benzene ring substituents is 1. The molecule has 0 radical (unpaired) electrons. The molecule has 1 heterocycles. The molecule has 0 N–H and O–H groups in total. The normalized spacial score (nSPS) is 10.5. The van der Waals surface area contributed by atoms with Crippen molar-refractivity contribution in [3.05, 3.63) is 64.2 Å². The zero-order valence-electron chi connectivity index (χ0n) is 14.2. The smallest absolute Gasteiger partial charge is 0.269 e. The number of aromatic nitrogens is 4. The monoisotopic (exact) mass is 352 g/mol. The molecular weight excluding hydrogens is 336 g/mol. The quantitative estimate of drug-likeness (QED) is 0.515. The summed E-state index contributed by atoms with van der Waals surface area (Å²) < 4.78 is 0. The lowest BCUT2D eigenvalue weighted by molar-refractivity contribution is -0.384. The van der Waals surface area contributed by atoms with Gasteiger partial charge in [0.25, 0.3) is 5.69 Å². The number of nitrogens with zero attached hydrogens (tertiary/aromatic N) is 6. The van der Waals surface area contributed by atoms with E-state index in [-0.39, 0.29) is 18.1 Å². The van der Waals surface area contributed by atoms with E-state index in [1.807, 2.05) is 31.2 Å². The van der Waals surface area contributed by atoms with Gasteiger partial charge in [-0.3, -0.25) is 14.9 Å². The van der Waals surface area contributed by atoms with Gasteiger partial charge < -0.3 is 4.90 Å². The summed E-state index contributed by atoms with van der Waals surface area (Å²) in [6.07, 6.45) is 0. The molecule has 0 unspecified atom stereocenters. The maximum Gasteiger partial charge on any atom is 0.269 e. The Hall–Kier alpha value is -3.62. The molecular formula is C17H16N6O3. The lowest BCUT2D eigenvalue weighted by atomic mass is 10.1. The molecule has 0 saturated heterocycles. The van der Waals surface area contributed by atoms with Crippen LogP contribution in [-0.4, -0.2) is 38.1 Å². The van der Waals surface area contributed by atoms with Crippen LogP contribution in [0.15, 0.2) is 48.5 Å². The number of hydrogen-bond donors (Lipinski definition) is 0. The highest BCUT2D eigenvalue weighted by atomic mass is 16.6. The van der Waals surface area contributed by atoms with Crippen molar-refractivity contribution in [3.8, 4) is 11.4 Å². The Morgan fingerprint density at radius 1 is 1.19 bits per heavy atom. The number of benzene rings is 2. The van der Waals surface area contributed by atoms with E-state index in [4.69, 9.17) is 0 Å². The molecule has 0 aliphatic heterocycles. The third kappa shape index (κ3) is 3.56. The fourth-order valence-corrected chi connectivity index (χ4v) is 2.41. The molecule has 0 aliphatic rings. The highest BCUT2D eigenvalue weighted by molar-refractivity contribution is 5.92. The Labute approximate surface area is 149 Å². The zero-order valence-corrected chi connectivity index (χ0v) is 14.2. The van der Waals surface area contributed by atoms with Gasteiger partial charge in [-0.25, -0.2) is 0 Å². The summed E-state index contributed by atoms with van der Waals surface area (Å²) in [6, 6.07) is 13.4. The maximum absolute atomic E-state index is 12.4. The van der Waals surface area contributed by atoms with Crippen LogP contribution in [0.3, 0.4) is 0 Å². The first-order valence-electron chi connectivity index (χ1n) is 7.80. The van der Waals surface area contributed by atoms with Crippen LogP contribution in [-0.2, 0) is 11.3 Å². The fraction of sp³-hybridized carbons (Fsp3) is 0.176.